The second kappa shape index (κ2) is 9.00. The molecule has 0 aliphatic carbocycles. The number of methoxy groups -OCH3 is 2. The summed E-state index contributed by atoms with van der Waals surface area (Å²) in [5.74, 6) is -0.278. The van der Waals surface area contributed by atoms with Crippen LogP contribution in [0, 0.1) is 0 Å². The number of carbonyl (C=O) groups is 2. The molecule has 0 spiro atoms. The van der Waals surface area contributed by atoms with Gasteiger partial charge in [0.1, 0.15) is 5.75 Å². The fraction of sp³-hybridized carbons (Fsp3) is 0.529. The molecule has 0 bridgehead atoms. The molecule has 0 N–H and O–H groups in total. The number of benzene rings is 1. The van der Waals surface area contributed by atoms with Crippen LogP contribution in [-0.4, -0.2) is 76.7 Å². The first-order valence-electron chi connectivity index (χ1n) is 8.16. The van der Waals surface area contributed by atoms with Crippen LogP contribution < -0.4 is 4.74 Å². The lowest BCUT2D eigenvalue weighted by Crippen LogP contribution is -2.45. The number of sulfone groups is 1. The van der Waals surface area contributed by atoms with Crippen molar-refractivity contribution in [3.05, 3.63) is 29.8 Å². The van der Waals surface area contributed by atoms with Gasteiger partial charge < -0.3 is 19.1 Å². The molecule has 9 heteroatoms. The van der Waals surface area contributed by atoms with Gasteiger partial charge in [-0.1, -0.05) is 0 Å². The highest BCUT2D eigenvalue weighted by Gasteiger charge is 2.34. The van der Waals surface area contributed by atoms with Crippen LogP contribution in [0.3, 0.4) is 0 Å². The van der Waals surface area contributed by atoms with Gasteiger partial charge in [0.2, 0.25) is 0 Å². The molecule has 8 nitrogen and oxygen atoms in total. The van der Waals surface area contributed by atoms with Crippen molar-refractivity contribution < 1.29 is 32.2 Å². The Labute approximate surface area is 152 Å². The van der Waals surface area contributed by atoms with Gasteiger partial charge in [-0.15, -0.1) is 0 Å². The molecule has 1 aliphatic heterocycles. The van der Waals surface area contributed by atoms with E-state index in [0.717, 1.165) is 0 Å². The van der Waals surface area contributed by atoms with Crippen LogP contribution in [0.2, 0.25) is 0 Å². The maximum absolute atomic E-state index is 12.5. The molecule has 1 aromatic rings. The molecule has 1 aliphatic rings. The predicted octanol–water partition coefficient (Wildman–Crippen LogP) is 0.514. The molecule has 2 rings (SSSR count). The van der Waals surface area contributed by atoms with Gasteiger partial charge in [-0.2, -0.15) is 0 Å². The Kier molecular flexibility index (Phi) is 6.98. The molecule has 0 saturated carbocycles. The third-order valence-electron chi connectivity index (χ3n) is 4.14. The fourth-order valence-electron chi connectivity index (χ4n) is 2.75. The summed E-state index contributed by atoms with van der Waals surface area (Å²) in [4.78, 5) is 25.4. The van der Waals surface area contributed by atoms with E-state index in [-0.39, 0.29) is 30.1 Å². The zero-order valence-corrected chi connectivity index (χ0v) is 15.7. The van der Waals surface area contributed by atoms with E-state index in [1.807, 2.05) is 0 Å². The minimum Gasteiger partial charge on any atom is -0.484 e. The van der Waals surface area contributed by atoms with Gasteiger partial charge in [0, 0.05) is 19.7 Å². The van der Waals surface area contributed by atoms with Crippen LogP contribution >= 0.6 is 0 Å². The third kappa shape index (κ3) is 5.43. The Morgan fingerprint density at radius 1 is 1.19 bits per heavy atom. The van der Waals surface area contributed by atoms with E-state index in [1.54, 1.807) is 12.1 Å². The van der Waals surface area contributed by atoms with Crippen molar-refractivity contribution >= 4 is 21.7 Å². The summed E-state index contributed by atoms with van der Waals surface area (Å²) in [6.45, 7) is 0.397. The monoisotopic (exact) mass is 385 g/mol. The normalized spacial score (nSPS) is 18.3. The van der Waals surface area contributed by atoms with Crippen LogP contribution in [0.5, 0.6) is 5.75 Å². The maximum atomic E-state index is 12.5. The van der Waals surface area contributed by atoms with Gasteiger partial charge in [0.25, 0.3) is 5.91 Å². The summed E-state index contributed by atoms with van der Waals surface area (Å²) in [7, 11) is -0.285. The van der Waals surface area contributed by atoms with E-state index in [4.69, 9.17) is 9.47 Å². The first-order chi connectivity index (χ1) is 12.4. The van der Waals surface area contributed by atoms with Crippen LogP contribution in [0.1, 0.15) is 16.8 Å². The largest absolute Gasteiger partial charge is 0.484 e. The molecule has 0 unspecified atom stereocenters. The van der Waals surface area contributed by atoms with E-state index >= 15 is 0 Å². The Morgan fingerprint density at radius 3 is 2.42 bits per heavy atom. The number of nitrogens with zero attached hydrogens (tertiary/aromatic N) is 1. The molecular formula is C17H23NO7S. The van der Waals surface area contributed by atoms with Crippen LogP contribution in [-0.2, 0) is 24.1 Å². The summed E-state index contributed by atoms with van der Waals surface area (Å²) >= 11 is 0. The van der Waals surface area contributed by atoms with E-state index in [0.29, 0.717) is 30.9 Å². The highest BCUT2D eigenvalue weighted by Crippen LogP contribution is 2.19. The van der Waals surface area contributed by atoms with E-state index < -0.39 is 15.8 Å². The maximum Gasteiger partial charge on any atom is 0.337 e. The molecule has 1 amide bonds. The van der Waals surface area contributed by atoms with Crippen molar-refractivity contribution in [1.82, 2.24) is 4.90 Å². The Morgan fingerprint density at radius 2 is 1.88 bits per heavy atom. The third-order valence-corrected chi connectivity index (χ3v) is 5.89. The van der Waals surface area contributed by atoms with Gasteiger partial charge >= 0.3 is 5.97 Å². The lowest BCUT2D eigenvalue weighted by atomic mass is 10.2. The number of amides is 1. The van der Waals surface area contributed by atoms with Crippen LogP contribution in [0.25, 0.3) is 0 Å². The molecule has 1 aromatic carbocycles. The number of hydrogen-bond acceptors (Lipinski definition) is 7. The van der Waals surface area contributed by atoms with E-state index in [1.165, 1.54) is 31.3 Å². The smallest absolute Gasteiger partial charge is 0.337 e. The number of carbonyl (C=O) groups excluding carboxylic acids is 2. The molecule has 1 fully saturated rings. The van der Waals surface area contributed by atoms with Crippen molar-refractivity contribution in [3.8, 4) is 5.75 Å². The summed E-state index contributed by atoms with van der Waals surface area (Å²) in [6.07, 6.45) is 0.422. The van der Waals surface area contributed by atoms with Crippen molar-refractivity contribution in [2.75, 3.05) is 45.5 Å². The van der Waals surface area contributed by atoms with Gasteiger partial charge in [-0.25, -0.2) is 13.2 Å². The van der Waals surface area contributed by atoms with Crippen molar-refractivity contribution in [2.45, 2.75) is 12.5 Å². The van der Waals surface area contributed by atoms with Crippen LogP contribution in [0.4, 0.5) is 0 Å². The highest BCUT2D eigenvalue weighted by atomic mass is 32.2. The molecule has 0 radical (unpaired) electrons. The summed E-state index contributed by atoms with van der Waals surface area (Å²) in [6, 6.07) is 5.86. The van der Waals surface area contributed by atoms with E-state index in [9.17, 15) is 18.0 Å². The van der Waals surface area contributed by atoms with Crippen molar-refractivity contribution in [3.63, 3.8) is 0 Å². The highest BCUT2D eigenvalue weighted by molar-refractivity contribution is 7.91. The topological polar surface area (TPSA) is 99.2 Å². The summed E-state index contributed by atoms with van der Waals surface area (Å²) < 4.78 is 38.5. The zero-order valence-electron chi connectivity index (χ0n) is 14.8. The Hall–Kier alpha value is -2.13. The summed E-state index contributed by atoms with van der Waals surface area (Å²) in [5.41, 5.74) is 0.379. The zero-order chi connectivity index (χ0) is 19.2. The van der Waals surface area contributed by atoms with Crippen molar-refractivity contribution in [2.24, 2.45) is 0 Å². The average Bonchev–Trinajstić information content (AvgIpc) is 2.99. The minimum absolute atomic E-state index is 0.0315. The van der Waals surface area contributed by atoms with Gasteiger partial charge in [0.15, 0.2) is 16.4 Å². The van der Waals surface area contributed by atoms with Gasteiger partial charge in [-0.3, -0.25) is 4.79 Å². The van der Waals surface area contributed by atoms with Gasteiger partial charge in [-0.05, 0) is 30.7 Å². The number of rotatable bonds is 8. The van der Waals surface area contributed by atoms with Crippen molar-refractivity contribution in [1.29, 1.82) is 0 Å². The summed E-state index contributed by atoms with van der Waals surface area (Å²) in [5, 5.41) is 0. The number of hydrogen-bond donors (Lipinski definition) is 0. The predicted molar refractivity (Wildman–Crippen MR) is 93.9 cm³/mol. The lowest BCUT2D eigenvalue weighted by molar-refractivity contribution is -0.136. The molecule has 1 atom stereocenters. The molecule has 144 valence electrons. The number of ether oxygens (including phenoxy) is 3. The molecule has 1 heterocycles. The Bertz CT molecular complexity index is 730. The number of esters is 1. The molecule has 26 heavy (non-hydrogen) atoms. The quantitative estimate of drug-likeness (QED) is 0.601. The average molecular weight is 385 g/mol. The Balaban J connectivity index is 1.97. The standard InChI is InChI=1S/C17H23NO7S/c1-23-9-8-18(14-7-10-26(21,22)12-14)16(19)11-25-15-5-3-13(4-6-15)17(20)24-2/h3-6,14H,7-12H2,1-2H3/t14-/m1/s1. The second-order valence-corrected chi connectivity index (χ2v) is 8.17. The first kappa shape index (κ1) is 20.2. The van der Waals surface area contributed by atoms with Crippen LogP contribution in [0.15, 0.2) is 24.3 Å². The first-order valence-corrected chi connectivity index (χ1v) is 9.98. The SMILES string of the molecule is COCCN(C(=O)COc1ccc(C(=O)OC)cc1)[C@@H]1CCS(=O)(=O)C1. The molecule has 0 aromatic heterocycles. The second-order valence-electron chi connectivity index (χ2n) is 5.94. The lowest BCUT2D eigenvalue weighted by Gasteiger charge is -2.28. The molecule has 1 saturated heterocycles. The molecular weight excluding hydrogens is 362 g/mol. The van der Waals surface area contributed by atoms with Gasteiger partial charge in [0.05, 0.1) is 30.8 Å². The fourth-order valence-corrected chi connectivity index (χ4v) is 4.49. The minimum atomic E-state index is -3.10. The van der Waals surface area contributed by atoms with E-state index in [2.05, 4.69) is 4.74 Å².